The van der Waals surface area contributed by atoms with Crippen LogP contribution in [-0.2, 0) is 32.1 Å². The van der Waals surface area contributed by atoms with Crippen molar-refractivity contribution >= 4 is 34.7 Å². The number of aliphatic hydroxyl groups is 1. The van der Waals surface area contributed by atoms with Gasteiger partial charge < -0.3 is 20.8 Å². The molecule has 9 atom stereocenters. The topological polar surface area (TPSA) is 162 Å². The molecule has 4 saturated carbocycles. The van der Waals surface area contributed by atoms with E-state index >= 15 is 0 Å². The lowest BCUT2D eigenvalue weighted by atomic mass is 9.52. The van der Waals surface area contributed by atoms with Gasteiger partial charge in [0.25, 0.3) is 0 Å². The highest BCUT2D eigenvalue weighted by molar-refractivity contribution is 6.32. The maximum Gasteiger partial charge on any atom is 0.235 e. The molecule has 0 spiro atoms. The lowest BCUT2D eigenvalue weighted by Gasteiger charge is -2.52. The molecule has 1 aromatic carbocycles. The average Bonchev–Trinajstić information content (AvgIpc) is 3.28. The van der Waals surface area contributed by atoms with Gasteiger partial charge in [0.15, 0.2) is 34.7 Å². The quantitative estimate of drug-likeness (QED) is 0.391. The first-order valence-corrected chi connectivity index (χ1v) is 16.4. The number of carbonyl (C=O) groups is 5. The van der Waals surface area contributed by atoms with Crippen LogP contribution in [0.4, 0.5) is 5.69 Å². The largest absolute Gasteiger partial charge is 0.507 e. The number of carbonyl (C=O) groups excluding carboxylic acids is 5. The van der Waals surface area contributed by atoms with Gasteiger partial charge in [0, 0.05) is 38.3 Å². The van der Waals surface area contributed by atoms with Gasteiger partial charge in [-0.2, -0.15) is 0 Å². The Hall–Kier alpha value is -3.15. The fourth-order valence-electron chi connectivity index (χ4n) is 10.6. The molecule has 4 fully saturated rings. The van der Waals surface area contributed by atoms with E-state index in [1.807, 2.05) is 19.0 Å². The lowest BCUT2D eigenvalue weighted by Crippen LogP contribution is -2.74. The summed E-state index contributed by atoms with van der Waals surface area (Å²) < 4.78 is 0. The molecule has 5 aliphatic carbocycles. The van der Waals surface area contributed by atoms with Gasteiger partial charge in [-0.15, -0.1) is 0 Å². The van der Waals surface area contributed by atoms with E-state index < -0.39 is 64.4 Å². The van der Waals surface area contributed by atoms with Crippen molar-refractivity contribution in [2.24, 2.45) is 46.2 Å². The molecular weight excluding hydrogens is 588 g/mol. The summed E-state index contributed by atoms with van der Waals surface area (Å²) in [6, 6.07) is 0.850. The SMILES string of the molecule is CN(C)c1c(CN(C)[C@H]2CC3CCC2(C)C3(C)C)cc(O)c2c1C[C@H]1C[C@H]3[C@H](N(C)C)C(=O)C(C(N)=O)C(=O)[C@@]3(O)C(=O)C1C2=O. The van der Waals surface area contributed by atoms with Crippen LogP contribution in [0.2, 0.25) is 0 Å². The fraction of sp³-hybridized carbons (Fsp3) is 0.686. The van der Waals surface area contributed by atoms with Crippen LogP contribution in [0.15, 0.2) is 6.07 Å². The number of amides is 1. The number of benzene rings is 1. The Kier molecular flexibility index (Phi) is 7.43. The summed E-state index contributed by atoms with van der Waals surface area (Å²) in [7, 11) is 9.07. The number of hydrogen-bond donors (Lipinski definition) is 3. The summed E-state index contributed by atoms with van der Waals surface area (Å²) in [4.78, 5) is 73.4. The minimum Gasteiger partial charge on any atom is -0.507 e. The van der Waals surface area contributed by atoms with Crippen molar-refractivity contribution in [3.05, 3.63) is 22.8 Å². The van der Waals surface area contributed by atoms with E-state index in [2.05, 4.69) is 32.7 Å². The van der Waals surface area contributed by atoms with Gasteiger partial charge in [0.1, 0.15) is 5.75 Å². The van der Waals surface area contributed by atoms with Gasteiger partial charge in [-0.05, 0) is 93.1 Å². The first-order chi connectivity index (χ1) is 21.3. The summed E-state index contributed by atoms with van der Waals surface area (Å²) in [6.45, 7) is 7.71. The highest BCUT2D eigenvalue weighted by Gasteiger charge is 2.69. The summed E-state index contributed by atoms with van der Waals surface area (Å²) >= 11 is 0. The van der Waals surface area contributed by atoms with Crippen LogP contribution in [0.5, 0.6) is 5.75 Å². The molecule has 0 aromatic heterocycles. The first kappa shape index (κ1) is 32.8. The summed E-state index contributed by atoms with van der Waals surface area (Å²) in [5.74, 6) is -9.69. The van der Waals surface area contributed by atoms with Crippen LogP contribution >= 0.6 is 0 Å². The molecule has 1 aromatic rings. The van der Waals surface area contributed by atoms with E-state index in [0.717, 1.165) is 17.7 Å². The maximum absolute atomic E-state index is 14.2. The van der Waals surface area contributed by atoms with Gasteiger partial charge in [-0.1, -0.05) is 20.8 Å². The molecule has 4 unspecified atom stereocenters. The van der Waals surface area contributed by atoms with Crippen LogP contribution < -0.4 is 10.6 Å². The van der Waals surface area contributed by atoms with Crippen LogP contribution in [0.1, 0.15) is 67.9 Å². The second-order valence-electron chi connectivity index (χ2n) is 16.0. The fourth-order valence-corrected chi connectivity index (χ4v) is 10.6. The maximum atomic E-state index is 14.2. The molecule has 0 heterocycles. The molecule has 6 rings (SSSR count). The molecule has 46 heavy (non-hydrogen) atoms. The molecule has 0 radical (unpaired) electrons. The predicted octanol–water partition coefficient (Wildman–Crippen LogP) is 1.58. The second kappa shape index (κ2) is 10.4. The molecule has 11 heteroatoms. The predicted molar refractivity (Wildman–Crippen MR) is 170 cm³/mol. The molecule has 4 N–H and O–H groups in total. The normalized spacial score (nSPS) is 37.8. The molecule has 2 bridgehead atoms. The van der Waals surface area contributed by atoms with Crippen molar-refractivity contribution in [3.8, 4) is 5.75 Å². The van der Waals surface area contributed by atoms with E-state index in [1.165, 1.54) is 17.7 Å². The van der Waals surface area contributed by atoms with E-state index in [-0.39, 0.29) is 35.0 Å². The molecule has 11 nitrogen and oxygen atoms in total. The summed E-state index contributed by atoms with van der Waals surface area (Å²) in [5.41, 5.74) is 5.41. The van der Waals surface area contributed by atoms with Gasteiger partial charge >= 0.3 is 0 Å². The third kappa shape index (κ3) is 4.10. The van der Waals surface area contributed by atoms with Crippen molar-refractivity contribution in [1.82, 2.24) is 9.80 Å². The van der Waals surface area contributed by atoms with E-state index in [9.17, 15) is 34.2 Å². The summed E-state index contributed by atoms with van der Waals surface area (Å²) in [6.07, 6.45) is 3.79. The zero-order valence-corrected chi connectivity index (χ0v) is 28.2. The second-order valence-corrected chi connectivity index (χ2v) is 16.0. The Morgan fingerprint density at radius 1 is 1.02 bits per heavy atom. The third-order valence-corrected chi connectivity index (χ3v) is 13.3. The number of rotatable bonds is 6. The van der Waals surface area contributed by atoms with Crippen molar-refractivity contribution in [2.45, 2.75) is 77.1 Å². The van der Waals surface area contributed by atoms with Gasteiger partial charge in [-0.3, -0.25) is 33.8 Å². The number of Topliss-reactive ketones (excluding diaryl/α,β-unsaturated/α-hetero) is 4. The highest BCUT2D eigenvalue weighted by Crippen LogP contribution is 2.66. The van der Waals surface area contributed by atoms with Crippen LogP contribution in [-0.4, -0.2) is 102 Å². The third-order valence-electron chi connectivity index (χ3n) is 13.3. The number of likely N-dealkylation sites (N-methyl/N-ethyl adjacent to an activating group) is 1. The van der Waals surface area contributed by atoms with E-state index in [0.29, 0.717) is 24.1 Å². The van der Waals surface area contributed by atoms with Gasteiger partial charge in [-0.25, -0.2) is 0 Å². The number of ketones is 4. The highest BCUT2D eigenvalue weighted by atomic mass is 16.3. The van der Waals surface area contributed by atoms with Crippen molar-refractivity contribution < 1.29 is 34.2 Å². The molecule has 1 amide bonds. The number of hydrogen-bond acceptors (Lipinski definition) is 10. The molecule has 250 valence electrons. The van der Waals surface area contributed by atoms with Gasteiger partial charge in [0.05, 0.1) is 17.5 Å². The number of nitrogens with two attached hydrogens (primary N) is 1. The summed E-state index contributed by atoms with van der Waals surface area (Å²) in [5, 5.41) is 23.2. The standard InChI is InChI=1S/C35H48N4O7/c1-33(2)18-9-10-34(33,3)22(14-18)39(8)15-17-13-21(40)24-19(26(17)37(4)5)11-16-12-20-27(38(6)7)29(42)25(32(36)45)31(44)35(20,46)30(43)23(16)28(24)41/h13,16,18,20,22-23,25,27,40,46H,9-12,14-15H2,1-8H3,(H2,36,45)/t16-,18?,20-,22-,23?,25?,27-,34?,35-/m0/s1. The number of aromatic hydroxyl groups is 1. The van der Waals surface area contributed by atoms with Crippen LogP contribution in [0.25, 0.3) is 0 Å². The van der Waals surface area contributed by atoms with E-state index in [4.69, 9.17) is 5.73 Å². The molecule has 0 aliphatic heterocycles. The molecule has 5 aliphatic rings. The number of phenolic OH excluding ortho intramolecular Hbond substituents is 1. The van der Waals surface area contributed by atoms with E-state index in [1.54, 1.807) is 20.2 Å². The smallest absolute Gasteiger partial charge is 0.235 e. The monoisotopic (exact) mass is 636 g/mol. The van der Waals surface area contributed by atoms with Crippen molar-refractivity contribution in [3.63, 3.8) is 0 Å². The molecular formula is C35H48N4O7. The zero-order chi connectivity index (χ0) is 34.0. The van der Waals surface area contributed by atoms with Crippen LogP contribution in [0.3, 0.4) is 0 Å². The zero-order valence-electron chi connectivity index (χ0n) is 28.2. The number of nitrogens with zero attached hydrogens (tertiary/aromatic N) is 3. The Bertz CT molecular complexity index is 1570. The Morgan fingerprint density at radius 2 is 1.67 bits per heavy atom. The Balaban J connectivity index is 1.40. The first-order valence-electron chi connectivity index (χ1n) is 16.4. The minimum atomic E-state index is -2.73. The van der Waals surface area contributed by atoms with Crippen LogP contribution in [0, 0.1) is 40.4 Å². The van der Waals surface area contributed by atoms with Crippen molar-refractivity contribution in [1.29, 1.82) is 0 Å². The number of primary amides is 1. The number of fused-ring (bicyclic) bond motifs is 5. The van der Waals surface area contributed by atoms with Crippen molar-refractivity contribution in [2.75, 3.05) is 40.1 Å². The lowest BCUT2D eigenvalue weighted by molar-refractivity contribution is -0.181. The molecule has 0 saturated heterocycles. The Morgan fingerprint density at radius 3 is 2.20 bits per heavy atom. The minimum absolute atomic E-state index is 0.0229. The number of anilines is 1. The average molecular weight is 637 g/mol. The Labute approximate surface area is 270 Å². The number of phenols is 1. The van der Waals surface area contributed by atoms with Gasteiger partial charge in [0.2, 0.25) is 5.91 Å².